The fourth-order valence-electron chi connectivity index (χ4n) is 3.53. The summed E-state index contributed by atoms with van der Waals surface area (Å²) in [5.74, 6) is 0.753. The highest BCUT2D eigenvalue weighted by Crippen LogP contribution is 2.37. The molecule has 1 saturated carbocycles. The average Bonchev–Trinajstić information content (AvgIpc) is 3.05. The van der Waals surface area contributed by atoms with E-state index < -0.39 is 0 Å². The summed E-state index contributed by atoms with van der Waals surface area (Å²) >= 11 is 0. The van der Waals surface area contributed by atoms with Crippen LogP contribution in [-0.2, 0) is 17.6 Å². The molecule has 2 atom stereocenters. The van der Waals surface area contributed by atoms with E-state index in [0.29, 0.717) is 18.2 Å². The van der Waals surface area contributed by atoms with E-state index in [1.807, 2.05) is 4.90 Å². The zero-order valence-electron chi connectivity index (χ0n) is 11.9. The van der Waals surface area contributed by atoms with Crippen molar-refractivity contribution in [2.45, 2.75) is 51.2 Å². The van der Waals surface area contributed by atoms with Crippen molar-refractivity contribution in [3.05, 3.63) is 17.0 Å². The van der Waals surface area contributed by atoms with E-state index in [1.54, 1.807) is 0 Å². The molecule has 2 unspecified atom stereocenters. The molecule has 108 valence electrons. The summed E-state index contributed by atoms with van der Waals surface area (Å²) in [6.07, 6.45) is 6.00. The van der Waals surface area contributed by atoms with E-state index in [0.717, 1.165) is 37.1 Å². The average molecular weight is 275 g/mol. The highest BCUT2D eigenvalue weighted by Gasteiger charge is 2.39. The number of morpholine rings is 1. The Balaban J connectivity index is 1.54. The van der Waals surface area contributed by atoms with Gasteiger partial charge in [-0.05, 0) is 44.9 Å². The third-order valence-electron chi connectivity index (χ3n) is 4.73. The van der Waals surface area contributed by atoms with Crippen molar-refractivity contribution in [1.29, 1.82) is 0 Å². The molecule has 2 heterocycles. The zero-order chi connectivity index (χ0) is 13.7. The minimum atomic E-state index is 0.0881. The summed E-state index contributed by atoms with van der Waals surface area (Å²) in [4.78, 5) is 14.7. The first-order valence-corrected chi connectivity index (χ1v) is 7.73. The molecule has 1 aromatic rings. The third-order valence-corrected chi connectivity index (χ3v) is 4.73. The van der Waals surface area contributed by atoms with E-state index in [9.17, 15) is 4.79 Å². The maximum Gasteiger partial charge on any atom is 0.274 e. The number of carbonyl (C=O) groups excluding carboxylic acids is 1. The molecular weight excluding hydrogens is 254 g/mol. The minimum absolute atomic E-state index is 0.0881. The van der Waals surface area contributed by atoms with Crippen LogP contribution in [0.2, 0.25) is 0 Å². The molecule has 0 aromatic carbocycles. The van der Waals surface area contributed by atoms with Gasteiger partial charge in [-0.1, -0.05) is 0 Å². The van der Waals surface area contributed by atoms with Gasteiger partial charge >= 0.3 is 0 Å². The van der Waals surface area contributed by atoms with Gasteiger partial charge in [-0.3, -0.25) is 9.89 Å². The lowest BCUT2D eigenvalue weighted by atomic mass is 10.1. The number of ether oxygens (including phenoxy) is 1. The van der Waals surface area contributed by atoms with Gasteiger partial charge in [0.1, 0.15) is 0 Å². The SMILES string of the molecule is CC1CN(C(=O)c2n[nH]c3c2CCC3)CC(C2CC2)O1. The first-order valence-electron chi connectivity index (χ1n) is 7.73. The standard InChI is InChI=1S/C15H21N3O2/c1-9-7-18(8-13(20-9)10-5-6-10)15(19)14-11-3-2-4-12(11)16-17-14/h9-10,13H,2-8H2,1H3,(H,16,17). The fraction of sp³-hybridized carbons (Fsp3) is 0.733. The molecule has 3 aliphatic rings. The zero-order valence-corrected chi connectivity index (χ0v) is 11.9. The minimum Gasteiger partial charge on any atom is -0.371 e. The van der Waals surface area contributed by atoms with Crippen molar-refractivity contribution in [2.75, 3.05) is 13.1 Å². The second-order valence-electron chi connectivity index (χ2n) is 6.42. The Labute approximate surface area is 118 Å². The maximum atomic E-state index is 12.7. The first-order chi connectivity index (χ1) is 9.72. The number of rotatable bonds is 2. The topological polar surface area (TPSA) is 58.2 Å². The summed E-state index contributed by atoms with van der Waals surface area (Å²) in [6.45, 7) is 3.48. The number of carbonyl (C=O) groups is 1. The largest absolute Gasteiger partial charge is 0.371 e. The monoisotopic (exact) mass is 275 g/mol. The number of aromatic nitrogens is 2. The van der Waals surface area contributed by atoms with Crippen LogP contribution in [0, 0.1) is 5.92 Å². The Kier molecular flexibility index (Phi) is 2.84. The Bertz CT molecular complexity index is 535. The van der Waals surface area contributed by atoms with Crippen LogP contribution in [0.5, 0.6) is 0 Å². The van der Waals surface area contributed by atoms with Crippen LogP contribution < -0.4 is 0 Å². The molecule has 1 amide bonds. The number of fused-ring (bicyclic) bond motifs is 1. The fourth-order valence-corrected chi connectivity index (χ4v) is 3.53. The normalized spacial score (nSPS) is 29.6. The van der Waals surface area contributed by atoms with Crippen molar-refractivity contribution in [2.24, 2.45) is 5.92 Å². The third kappa shape index (κ3) is 2.04. The van der Waals surface area contributed by atoms with Gasteiger partial charge in [-0.15, -0.1) is 0 Å². The van der Waals surface area contributed by atoms with E-state index in [2.05, 4.69) is 17.1 Å². The molecule has 2 aliphatic carbocycles. The van der Waals surface area contributed by atoms with Crippen LogP contribution >= 0.6 is 0 Å². The lowest BCUT2D eigenvalue weighted by Gasteiger charge is -2.36. The Morgan fingerprint density at radius 2 is 2.20 bits per heavy atom. The van der Waals surface area contributed by atoms with Crippen LogP contribution in [0.15, 0.2) is 0 Å². The highest BCUT2D eigenvalue weighted by molar-refractivity contribution is 5.94. The number of nitrogens with one attached hydrogen (secondary N) is 1. The molecule has 0 radical (unpaired) electrons. The van der Waals surface area contributed by atoms with Crippen molar-refractivity contribution >= 4 is 5.91 Å². The lowest BCUT2D eigenvalue weighted by Crippen LogP contribution is -2.50. The summed E-state index contributed by atoms with van der Waals surface area (Å²) in [5, 5.41) is 7.30. The smallest absolute Gasteiger partial charge is 0.274 e. The van der Waals surface area contributed by atoms with Crippen molar-refractivity contribution in [3.8, 4) is 0 Å². The molecule has 5 heteroatoms. The van der Waals surface area contributed by atoms with Crippen LogP contribution in [0.25, 0.3) is 0 Å². The number of nitrogens with zero attached hydrogens (tertiary/aromatic N) is 2. The van der Waals surface area contributed by atoms with Crippen LogP contribution in [-0.4, -0.2) is 46.3 Å². The maximum absolute atomic E-state index is 12.7. The molecule has 1 aromatic heterocycles. The molecule has 1 aliphatic heterocycles. The van der Waals surface area contributed by atoms with Gasteiger partial charge in [-0.25, -0.2) is 0 Å². The molecule has 4 rings (SSSR count). The van der Waals surface area contributed by atoms with E-state index in [4.69, 9.17) is 4.74 Å². The van der Waals surface area contributed by atoms with Gasteiger partial charge < -0.3 is 9.64 Å². The molecule has 1 N–H and O–H groups in total. The summed E-state index contributed by atoms with van der Waals surface area (Å²) in [6, 6.07) is 0. The predicted molar refractivity (Wildman–Crippen MR) is 73.6 cm³/mol. The van der Waals surface area contributed by atoms with Gasteiger partial charge in [0.05, 0.1) is 12.2 Å². The van der Waals surface area contributed by atoms with Crippen LogP contribution in [0.3, 0.4) is 0 Å². The number of hydrogen-bond acceptors (Lipinski definition) is 3. The molecule has 20 heavy (non-hydrogen) atoms. The molecule has 0 spiro atoms. The molecule has 5 nitrogen and oxygen atoms in total. The molecule has 0 bridgehead atoms. The van der Waals surface area contributed by atoms with E-state index in [1.165, 1.54) is 12.8 Å². The number of H-pyrrole nitrogens is 1. The Hall–Kier alpha value is -1.36. The molecule has 1 saturated heterocycles. The first kappa shape index (κ1) is 12.4. The number of amides is 1. The second-order valence-corrected chi connectivity index (χ2v) is 6.42. The van der Waals surface area contributed by atoms with E-state index >= 15 is 0 Å². The number of aromatic amines is 1. The predicted octanol–water partition coefficient (Wildman–Crippen LogP) is 1.54. The van der Waals surface area contributed by atoms with Gasteiger partial charge in [0, 0.05) is 24.3 Å². The second kappa shape index (κ2) is 4.58. The Morgan fingerprint density at radius 3 is 3.00 bits per heavy atom. The molecular formula is C15H21N3O2. The van der Waals surface area contributed by atoms with Gasteiger partial charge in [0.25, 0.3) is 5.91 Å². The van der Waals surface area contributed by atoms with Crippen molar-refractivity contribution < 1.29 is 9.53 Å². The van der Waals surface area contributed by atoms with Gasteiger partial charge in [0.2, 0.25) is 0 Å². The summed E-state index contributed by atoms with van der Waals surface area (Å²) in [7, 11) is 0. The number of aryl methyl sites for hydroxylation is 1. The quantitative estimate of drug-likeness (QED) is 0.890. The number of hydrogen-bond donors (Lipinski definition) is 1. The summed E-state index contributed by atoms with van der Waals surface area (Å²) in [5.41, 5.74) is 2.96. The van der Waals surface area contributed by atoms with Crippen molar-refractivity contribution in [1.82, 2.24) is 15.1 Å². The van der Waals surface area contributed by atoms with Crippen molar-refractivity contribution in [3.63, 3.8) is 0 Å². The van der Waals surface area contributed by atoms with E-state index in [-0.39, 0.29) is 18.1 Å². The van der Waals surface area contributed by atoms with Crippen LogP contribution in [0.1, 0.15) is 47.9 Å². The van der Waals surface area contributed by atoms with Gasteiger partial charge in [0.15, 0.2) is 5.69 Å². The van der Waals surface area contributed by atoms with Gasteiger partial charge in [-0.2, -0.15) is 5.10 Å². The Morgan fingerprint density at radius 1 is 1.35 bits per heavy atom. The van der Waals surface area contributed by atoms with Crippen LogP contribution in [0.4, 0.5) is 0 Å². The summed E-state index contributed by atoms with van der Waals surface area (Å²) < 4.78 is 5.98. The lowest BCUT2D eigenvalue weighted by molar-refractivity contribution is -0.0762. The highest BCUT2D eigenvalue weighted by atomic mass is 16.5. The molecule has 2 fully saturated rings.